The van der Waals surface area contributed by atoms with Crippen molar-refractivity contribution in [2.75, 3.05) is 31.1 Å². The van der Waals surface area contributed by atoms with Crippen LogP contribution >= 0.6 is 0 Å². The molecule has 2 aliphatic rings. The minimum atomic E-state index is -3.81. The highest BCUT2D eigenvalue weighted by Gasteiger charge is 2.39. The second kappa shape index (κ2) is 5.63. The van der Waals surface area contributed by atoms with Gasteiger partial charge in [-0.25, -0.2) is 22.0 Å². The number of halogens is 2. The van der Waals surface area contributed by atoms with Crippen LogP contribution in [0.4, 0.5) is 19.3 Å². The first kappa shape index (κ1) is 16.0. The highest BCUT2D eigenvalue weighted by molar-refractivity contribution is 7.92. The number of amides is 1. The number of piperazine rings is 1. The molecule has 0 radical (unpaired) electrons. The monoisotopic (exact) mass is 346 g/mol. The zero-order chi connectivity index (χ0) is 16.8. The summed E-state index contributed by atoms with van der Waals surface area (Å²) in [5.74, 6) is -2.55. The van der Waals surface area contributed by atoms with E-state index in [2.05, 4.69) is 0 Å². The summed E-state index contributed by atoms with van der Waals surface area (Å²) in [6.07, 6.45) is -0.105. The van der Waals surface area contributed by atoms with E-state index in [4.69, 9.17) is 5.11 Å². The van der Waals surface area contributed by atoms with Crippen LogP contribution in [-0.2, 0) is 9.84 Å². The third-order valence-electron chi connectivity index (χ3n) is 4.19. The average molecular weight is 346 g/mol. The lowest BCUT2D eigenvalue weighted by Gasteiger charge is -2.34. The van der Waals surface area contributed by atoms with E-state index in [1.807, 2.05) is 0 Å². The van der Waals surface area contributed by atoms with Gasteiger partial charge in [-0.3, -0.25) is 0 Å². The molecule has 1 saturated heterocycles. The molecule has 3 rings (SSSR count). The Hall–Kier alpha value is -1.90. The van der Waals surface area contributed by atoms with Crippen LogP contribution in [0.3, 0.4) is 0 Å². The number of carbonyl (C=O) groups is 1. The molecule has 1 aliphatic heterocycles. The molecule has 0 atom stereocenters. The van der Waals surface area contributed by atoms with Crippen LogP contribution in [0.15, 0.2) is 17.0 Å². The molecule has 23 heavy (non-hydrogen) atoms. The van der Waals surface area contributed by atoms with Crippen LogP contribution in [-0.4, -0.2) is 55.9 Å². The zero-order valence-electron chi connectivity index (χ0n) is 12.2. The maximum Gasteiger partial charge on any atom is 0.407 e. The molecule has 126 valence electrons. The van der Waals surface area contributed by atoms with Gasteiger partial charge in [0, 0.05) is 26.2 Å². The first-order chi connectivity index (χ1) is 10.8. The molecular formula is C14H16F2N2O4S. The van der Waals surface area contributed by atoms with Crippen LogP contribution < -0.4 is 4.90 Å². The van der Waals surface area contributed by atoms with Gasteiger partial charge in [0.2, 0.25) is 0 Å². The standard InChI is InChI=1S/C14H16F2N2O4S/c15-12-10(17-5-7-18(8-6-17)14(19)20)3-4-11(13(12)16)23(21,22)9-1-2-9/h3-4,9H,1-2,5-8H2,(H,19,20). The van der Waals surface area contributed by atoms with Crippen molar-refractivity contribution in [1.29, 1.82) is 0 Å². The minimum Gasteiger partial charge on any atom is -0.465 e. The number of carboxylic acid groups (broad SMARTS) is 1. The summed E-state index contributed by atoms with van der Waals surface area (Å²) in [4.78, 5) is 13.0. The molecule has 1 N–H and O–H groups in total. The predicted molar refractivity (Wildman–Crippen MR) is 78.4 cm³/mol. The van der Waals surface area contributed by atoms with Gasteiger partial charge in [0.1, 0.15) is 4.90 Å². The summed E-state index contributed by atoms with van der Waals surface area (Å²) in [7, 11) is -3.81. The quantitative estimate of drug-likeness (QED) is 0.901. The maximum atomic E-state index is 14.3. The molecule has 6 nitrogen and oxygen atoms in total. The number of nitrogens with zero attached hydrogens (tertiary/aromatic N) is 2. The molecule has 0 aromatic heterocycles. The first-order valence-corrected chi connectivity index (χ1v) is 8.81. The van der Waals surface area contributed by atoms with Crippen LogP contribution in [0.5, 0.6) is 0 Å². The van der Waals surface area contributed by atoms with Gasteiger partial charge < -0.3 is 14.9 Å². The summed E-state index contributed by atoms with van der Waals surface area (Å²) in [5, 5.41) is 8.27. The molecular weight excluding hydrogens is 330 g/mol. The zero-order valence-corrected chi connectivity index (χ0v) is 13.0. The number of hydrogen-bond donors (Lipinski definition) is 1. The highest BCUT2D eigenvalue weighted by Crippen LogP contribution is 2.36. The van der Waals surface area contributed by atoms with E-state index in [1.54, 1.807) is 0 Å². The van der Waals surface area contributed by atoms with Gasteiger partial charge in [-0.15, -0.1) is 0 Å². The van der Waals surface area contributed by atoms with E-state index in [-0.39, 0.29) is 31.9 Å². The Kier molecular flexibility index (Phi) is 3.91. The van der Waals surface area contributed by atoms with E-state index in [1.165, 1.54) is 15.9 Å². The fourth-order valence-corrected chi connectivity index (χ4v) is 4.39. The molecule has 1 aromatic rings. The van der Waals surface area contributed by atoms with Crippen molar-refractivity contribution in [3.8, 4) is 0 Å². The first-order valence-electron chi connectivity index (χ1n) is 7.27. The molecule has 1 saturated carbocycles. The van der Waals surface area contributed by atoms with E-state index < -0.39 is 37.7 Å². The Morgan fingerprint density at radius 1 is 1.09 bits per heavy atom. The van der Waals surface area contributed by atoms with Crippen LogP contribution in [0.25, 0.3) is 0 Å². The van der Waals surface area contributed by atoms with Crippen molar-refractivity contribution in [3.63, 3.8) is 0 Å². The molecule has 1 amide bonds. The van der Waals surface area contributed by atoms with Crippen molar-refractivity contribution in [2.24, 2.45) is 0 Å². The van der Waals surface area contributed by atoms with E-state index in [0.29, 0.717) is 12.8 Å². The summed E-state index contributed by atoms with van der Waals surface area (Å²) < 4.78 is 52.7. The lowest BCUT2D eigenvalue weighted by molar-refractivity contribution is 0.142. The van der Waals surface area contributed by atoms with Gasteiger partial charge >= 0.3 is 6.09 Å². The Morgan fingerprint density at radius 3 is 2.22 bits per heavy atom. The third-order valence-corrected chi connectivity index (χ3v) is 6.46. The van der Waals surface area contributed by atoms with Gasteiger partial charge in [0.05, 0.1) is 10.9 Å². The van der Waals surface area contributed by atoms with Crippen molar-refractivity contribution in [2.45, 2.75) is 23.0 Å². The molecule has 1 aromatic carbocycles. The van der Waals surface area contributed by atoms with Gasteiger partial charge in [-0.05, 0) is 25.0 Å². The Labute approximate surface area is 132 Å². The lowest BCUT2D eigenvalue weighted by atomic mass is 10.2. The fourth-order valence-electron chi connectivity index (χ4n) is 2.68. The average Bonchev–Trinajstić information content (AvgIpc) is 3.35. The summed E-state index contributed by atoms with van der Waals surface area (Å²) in [6, 6.07) is 2.36. The summed E-state index contributed by atoms with van der Waals surface area (Å²) >= 11 is 0. The summed E-state index contributed by atoms with van der Waals surface area (Å²) in [5.41, 5.74) is -0.0396. The SMILES string of the molecule is O=C(O)N1CCN(c2ccc(S(=O)(=O)C3CC3)c(F)c2F)CC1. The molecule has 0 unspecified atom stereocenters. The van der Waals surface area contributed by atoms with Crippen molar-refractivity contribution >= 4 is 21.6 Å². The molecule has 1 aliphatic carbocycles. The van der Waals surface area contributed by atoms with Crippen LogP contribution in [0.2, 0.25) is 0 Å². The summed E-state index contributed by atoms with van der Waals surface area (Å²) in [6.45, 7) is 0.797. The minimum absolute atomic E-state index is 0.0396. The van der Waals surface area contributed by atoms with Gasteiger partial charge in [-0.2, -0.15) is 0 Å². The number of rotatable bonds is 3. The second-order valence-corrected chi connectivity index (χ2v) is 7.91. The number of hydrogen-bond acceptors (Lipinski definition) is 4. The Bertz CT molecular complexity index is 741. The largest absolute Gasteiger partial charge is 0.465 e. The number of benzene rings is 1. The second-order valence-electron chi connectivity index (χ2n) is 5.71. The Balaban J connectivity index is 1.85. The van der Waals surface area contributed by atoms with E-state index in [0.717, 1.165) is 6.07 Å². The third kappa shape index (κ3) is 2.85. The van der Waals surface area contributed by atoms with E-state index in [9.17, 15) is 22.0 Å². The van der Waals surface area contributed by atoms with Crippen LogP contribution in [0.1, 0.15) is 12.8 Å². The molecule has 9 heteroatoms. The number of sulfone groups is 1. The maximum absolute atomic E-state index is 14.3. The molecule has 0 bridgehead atoms. The predicted octanol–water partition coefficient (Wildman–Crippen LogP) is 1.70. The molecule has 2 fully saturated rings. The Morgan fingerprint density at radius 2 is 1.70 bits per heavy atom. The van der Waals surface area contributed by atoms with Gasteiger partial charge in [0.25, 0.3) is 0 Å². The topological polar surface area (TPSA) is 77.9 Å². The van der Waals surface area contributed by atoms with Gasteiger partial charge in [0.15, 0.2) is 21.5 Å². The fraction of sp³-hybridized carbons (Fsp3) is 0.500. The lowest BCUT2D eigenvalue weighted by Crippen LogP contribution is -2.48. The van der Waals surface area contributed by atoms with E-state index >= 15 is 0 Å². The molecule has 0 spiro atoms. The van der Waals surface area contributed by atoms with Gasteiger partial charge in [-0.1, -0.05) is 0 Å². The smallest absolute Gasteiger partial charge is 0.407 e. The normalized spacial score (nSPS) is 19.0. The van der Waals surface area contributed by atoms with Crippen molar-refractivity contribution in [1.82, 2.24) is 4.90 Å². The van der Waals surface area contributed by atoms with Crippen molar-refractivity contribution in [3.05, 3.63) is 23.8 Å². The van der Waals surface area contributed by atoms with Crippen LogP contribution in [0, 0.1) is 11.6 Å². The van der Waals surface area contributed by atoms with Crippen molar-refractivity contribution < 1.29 is 27.1 Å². The number of anilines is 1. The highest BCUT2D eigenvalue weighted by atomic mass is 32.2. The molecule has 1 heterocycles.